The van der Waals surface area contributed by atoms with Gasteiger partial charge in [0.05, 0.1) is 24.3 Å². The van der Waals surface area contributed by atoms with Gasteiger partial charge in [-0.15, -0.1) is 0 Å². The van der Waals surface area contributed by atoms with Gasteiger partial charge in [0.25, 0.3) is 0 Å². The molecule has 7 nitrogen and oxygen atoms in total. The number of thiazole rings is 1. The van der Waals surface area contributed by atoms with Crippen LogP contribution in [0.15, 0.2) is 35.5 Å². The van der Waals surface area contributed by atoms with Gasteiger partial charge in [0.2, 0.25) is 0 Å². The Labute approximate surface area is 190 Å². The fourth-order valence-corrected chi connectivity index (χ4v) is 5.24. The number of hydrogen-bond acceptors (Lipinski definition) is 9. The van der Waals surface area contributed by atoms with Crippen LogP contribution >= 0.6 is 23.1 Å². The molecule has 0 amide bonds. The van der Waals surface area contributed by atoms with Gasteiger partial charge in [0.15, 0.2) is 21.8 Å². The molecule has 0 radical (unpaired) electrons. The highest BCUT2D eigenvalue weighted by Gasteiger charge is 2.25. The fourth-order valence-electron chi connectivity index (χ4n) is 3.54. The van der Waals surface area contributed by atoms with E-state index in [-0.39, 0.29) is 18.8 Å². The fraction of sp³-hybridized carbons (Fsp3) is 0.500. The minimum atomic E-state index is -0.528. The predicted molar refractivity (Wildman–Crippen MR) is 128 cm³/mol. The lowest BCUT2D eigenvalue weighted by molar-refractivity contribution is 0.116. The SMILES string of the molecule is CC(C)(CO)Nc1nc(SCc2ccccc2)nc2nc(N[C@H]3CCCC[C@@H]3O)sc12. The van der Waals surface area contributed by atoms with Crippen LogP contribution in [0.25, 0.3) is 10.3 Å². The smallest absolute Gasteiger partial charge is 0.191 e. The normalized spacial score (nSPS) is 19.5. The average Bonchev–Trinajstić information content (AvgIpc) is 3.17. The lowest BCUT2D eigenvalue weighted by atomic mass is 9.93. The van der Waals surface area contributed by atoms with Gasteiger partial charge in [-0.1, -0.05) is 66.3 Å². The summed E-state index contributed by atoms with van der Waals surface area (Å²) in [7, 11) is 0. The zero-order valence-corrected chi connectivity index (χ0v) is 19.5. The van der Waals surface area contributed by atoms with E-state index in [0.717, 1.165) is 41.3 Å². The van der Waals surface area contributed by atoms with E-state index < -0.39 is 5.54 Å². The molecule has 0 saturated heterocycles. The minimum absolute atomic E-state index is 0.0134. The number of hydrogen-bond donors (Lipinski definition) is 4. The van der Waals surface area contributed by atoms with Gasteiger partial charge in [-0.3, -0.25) is 0 Å². The van der Waals surface area contributed by atoms with E-state index in [1.165, 1.54) is 16.9 Å². The quantitative estimate of drug-likeness (QED) is 0.292. The first kappa shape index (κ1) is 22.3. The standard InChI is InChI=1S/C22H29N5O2S2/c1-22(2,13-28)27-19-17-18(24-20(26-19)30-12-14-8-4-3-5-9-14)25-21(31-17)23-15-10-6-7-11-16(15)29/h3-5,8-9,15-16,28-29H,6-7,10-13H2,1-2H3,(H2,23,24,25,26,27)/t15-,16-/m0/s1. The highest BCUT2D eigenvalue weighted by Crippen LogP contribution is 2.35. The lowest BCUT2D eigenvalue weighted by Gasteiger charge is -2.27. The maximum Gasteiger partial charge on any atom is 0.191 e. The third-order valence-corrected chi connectivity index (χ3v) is 7.24. The summed E-state index contributed by atoms with van der Waals surface area (Å²) in [5, 5.41) is 28.2. The number of fused-ring (bicyclic) bond motifs is 1. The molecule has 0 aliphatic heterocycles. The molecule has 0 bridgehead atoms. The third-order valence-electron chi connectivity index (χ3n) is 5.33. The Morgan fingerprint density at radius 3 is 2.65 bits per heavy atom. The molecule has 2 aromatic heterocycles. The van der Waals surface area contributed by atoms with E-state index in [2.05, 4.69) is 27.8 Å². The van der Waals surface area contributed by atoms with Crippen LogP contribution in [0.3, 0.4) is 0 Å². The second kappa shape index (κ2) is 9.68. The summed E-state index contributed by atoms with van der Waals surface area (Å²) in [4.78, 5) is 14.1. The summed E-state index contributed by atoms with van der Waals surface area (Å²) in [6, 6.07) is 10.2. The molecule has 1 fully saturated rings. The Morgan fingerprint density at radius 1 is 1.13 bits per heavy atom. The van der Waals surface area contributed by atoms with Crippen molar-refractivity contribution in [2.24, 2.45) is 0 Å². The molecule has 1 aliphatic rings. The van der Waals surface area contributed by atoms with Gasteiger partial charge in [-0.2, -0.15) is 4.98 Å². The molecule has 0 spiro atoms. The Hall–Kier alpha value is -1.94. The summed E-state index contributed by atoms with van der Waals surface area (Å²) in [6.07, 6.45) is 3.58. The molecular weight excluding hydrogens is 430 g/mol. The zero-order chi connectivity index (χ0) is 21.8. The summed E-state index contributed by atoms with van der Waals surface area (Å²) in [6.45, 7) is 3.83. The summed E-state index contributed by atoms with van der Waals surface area (Å²) in [5.74, 6) is 1.44. The molecule has 1 aromatic carbocycles. The maximum atomic E-state index is 10.3. The predicted octanol–water partition coefficient (Wildman–Crippen LogP) is 4.28. The molecule has 9 heteroatoms. The molecule has 31 heavy (non-hydrogen) atoms. The number of benzene rings is 1. The maximum absolute atomic E-state index is 10.3. The molecule has 2 heterocycles. The van der Waals surface area contributed by atoms with Crippen molar-refractivity contribution in [2.45, 2.75) is 68.1 Å². The van der Waals surface area contributed by atoms with Gasteiger partial charge < -0.3 is 20.8 Å². The number of rotatable bonds is 8. The van der Waals surface area contributed by atoms with Crippen LogP contribution in [-0.2, 0) is 5.75 Å². The zero-order valence-electron chi connectivity index (χ0n) is 17.8. The monoisotopic (exact) mass is 459 g/mol. The first-order chi connectivity index (χ1) is 14.9. The van der Waals surface area contributed by atoms with Crippen LogP contribution in [0.5, 0.6) is 0 Å². The topological polar surface area (TPSA) is 103 Å². The molecule has 4 N–H and O–H groups in total. The van der Waals surface area contributed by atoms with Crippen LogP contribution < -0.4 is 10.6 Å². The Balaban J connectivity index is 1.62. The van der Waals surface area contributed by atoms with Crippen molar-refractivity contribution in [3.8, 4) is 0 Å². The molecule has 1 saturated carbocycles. The van der Waals surface area contributed by atoms with Crippen molar-refractivity contribution in [3.05, 3.63) is 35.9 Å². The van der Waals surface area contributed by atoms with Crippen LogP contribution in [-0.4, -0.2) is 49.5 Å². The van der Waals surface area contributed by atoms with E-state index in [4.69, 9.17) is 9.97 Å². The van der Waals surface area contributed by atoms with Crippen molar-refractivity contribution >= 4 is 44.4 Å². The number of thioether (sulfide) groups is 1. The number of aromatic nitrogens is 3. The van der Waals surface area contributed by atoms with Crippen LogP contribution in [0, 0.1) is 0 Å². The summed E-state index contributed by atoms with van der Waals surface area (Å²) in [5.41, 5.74) is 1.30. The van der Waals surface area contributed by atoms with Crippen molar-refractivity contribution in [1.82, 2.24) is 15.0 Å². The van der Waals surface area contributed by atoms with E-state index >= 15 is 0 Å². The second-order valence-electron chi connectivity index (χ2n) is 8.57. The third kappa shape index (κ3) is 5.65. The molecule has 3 aromatic rings. The number of nitrogens with zero attached hydrogens (tertiary/aromatic N) is 3. The van der Waals surface area contributed by atoms with Crippen molar-refractivity contribution in [3.63, 3.8) is 0 Å². The summed E-state index contributed by atoms with van der Waals surface area (Å²) < 4.78 is 0.846. The highest BCUT2D eigenvalue weighted by atomic mass is 32.2. The van der Waals surface area contributed by atoms with Crippen molar-refractivity contribution in [1.29, 1.82) is 0 Å². The highest BCUT2D eigenvalue weighted by molar-refractivity contribution is 7.98. The first-order valence-electron chi connectivity index (χ1n) is 10.6. The number of nitrogens with one attached hydrogen (secondary N) is 2. The van der Waals surface area contributed by atoms with Gasteiger partial charge in [0, 0.05) is 5.75 Å². The summed E-state index contributed by atoms with van der Waals surface area (Å²) >= 11 is 3.04. The molecule has 4 rings (SSSR count). The molecule has 2 atom stereocenters. The van der Waals surface area contributed by atoms with Crippen molar-refractivity contribution < 1.29 is 10.2 Å². The number of anilines is 2. The van der Waals surface area contributed by atoms with Crippen LogP contribution in [0.2, 0.25) is 0 Å². The van der Waals surface area contributed by atoms with Gasteiger partial charge in [0.1, 0.15) is 4.70 Å². The lowest BCUT2D eigenvalue weighted by Crippen LogP contribution is -2.36. The van der Waals surface area contributed by atoms with Crippen LogP contribution in [0.4, 0.5) is 10.9 Å². The minimum Gasteiger partial charge on any atom is -0.394 e. The average molecular weight is 460 g/mol. The van der Waals surface area contributed by atoms with Gasteiger partial charge >= 0.3 is 0 Å². The first-order valence-corrected chi connectivity index (χ1v) is 12.4. The largest absolute Gasteiger partial charge is 0.394 e. The Morgan fingerprint density at radius 2 is 1.90 bits per heavy atom. The molecule has 166 valence electrons. The Kier molecular flexibility index (Phi) is 6.95. The van der Waals surface area contributed by atoms with E-state index in [0.29, 0.717) is 16.6 Å². The van der Waals surface area contributed by atoms with Gasteiger partial charge in [-0.05, 0) is 32.3 Å². The molecular formula is C22H29N5O2S2. The number of aliphatic hydroxyl groups excluding tert-OH is 2. The van der Waals surface area contributed by atoms with Gasteiger partial charge in [-0.25, -0.2) is 9.97 Å². The van der Waals surface area contributed by atoms with Crippen molar-refractivity contribution in [2.75, 3.05) is 17.2 Å². The molecule has 0 unspecified atom stereocenters. The second-order valence-corrected chi connectivity index (χ2v) is 10.5. The van der Waals surface area contributed by atoms with E-state index in [1.807, 2.05) is 32.0 Å². The van der Waals surface area contributed by atoms with E-state index in [1.54, 1.807) is 11.8 Å². The number of aliphatic hydroxyl groups is 2. The van der Waals surface area contributed by atoms with Crippen LogP contribution in [0.1, 0.15) is 45.1 Å². The van der Waals surface area contributed by atoms with E-state index in [9.17, 15) is 10.2 Å². The Bertz CT molecular complexity index is 1010. The molecule has 1 aliphatic carbocycles.